The van der Waals surface area contributed by atoms with Gasteiger partial charge in [0.1, 0.15) is 17.4 Å². The number of nitrogens with zero attached hydrogens (tertiary/aromatic N) is 4. The minimum absolute atomic E-state index is 0.246. The van der Waals surface area contributed by atoms with Crippen molar-refractivity contribution >= 4 is 39.4 Å². The van der Waals surface area contributed by atoms with E-state index >= 15 is 0 Å². The number of carbonyl (C=O) groups is 2. The number of rotatable bonds is 8. The first-order chi connectivity index (χ1) is 23.0. The number of nitrogens with one attached hydrogen (secondary N) is 3. The van der Waals surface area contributed by atoms with E-state index in [1.165, 1.54) is 0 Å². The number of pyridine rings is 1. The average Bonchev–Trinajstić information content (AvgIpc) is 3.62. The van der Waals surface area contributed by atoms with Crippen LogP contribution < -0.4 is 20.1 Å². The highest BCUT2D eigenvalue weighted by atomic mass is 32.2. The molecule has 2 amide bonds. The number of likely N-dealkylation sites (tertiary alicyclic amines) is 1. The van der Waals surface area contributed by atoms with Crippen LogP contribution in [0.15, 0.2) is 66.9 Å². The molecule has 1 fully saturated rings. The third-order valence-electron chi connectivity index (χ3n) is 9.69. The molecule has 0 bridgehead atoms. The Morgan fingerprint density at radius 1 is 1.10 bits per heavy atom. The summed E-state index contributed by atoms with van der Waals surface area (Å²) in [5.41, 5.74) is 2.04. The third-order valence-corrected chi connectivity index (χ3v) is 10.3. The van der Waals surface area contributed by atoms with Crippen molar-refractivity contribution in [1.29, 1.82) is 0 Å². The maximum atomic E-state index is 13.6. The second-order valence-electron chi connectivity index (χ2n) is 14.3. The highest BCUT2D eigenvalue weighted by Crippen LogP contribution is 2.39. The largest absolute Gasteiger partial charge is 0.480 e. The van der Waals surface area contributed by atoms with Gasteiger partial charge >= 0.3 is 6.03 Å². The molecule has 6 rings (SSSR count). The zero-order valence-electron chi connectivity index (χ0n) is 28.9. The first-order valence-corrected chi connectivity index (χ1v) is 18.1. The van der Waals surface area contributed by atoms with Crippen molar-refractivity contribution in [2.24, 2.45) is 0 Å². The summed E-state index contributed by atoms with van der Waals surface area (Å²) in [4.78, 5) is 28.8. The number of amides is 2. The predicted molar refractivity (Wildman–Crippen MR) is 189 cm³/mol. The average molecular weight is 686 g/mol. The van der Waals surface area contributed by atoms with E-state index in [0.29, 0.717) is 34.5 Å². The van der Waals surface area contributed by atoms with Gasteiger partial charge in [-0.3, -0.25) is 18.8 Å². The van der Waals surface area contributed by atoms with Gasteiger partial charge in [-0.15, -0.1) is 10.2 Å². The van der Waals surface area contributed by atoms with Crippen LogP contribution in [0.25, 0.3) is 5.65 Å². The maximum Gasteiger partial charge on any atom is 0.320 e. The summed E-state index contributed by atoms with van der Waals surface area (Å²) >= 11 is 0. The van der Waals surface area contributed by atoms with Crippen LogP contribution in [-0.2, 0) is 31.3 Å². The highest BCUT2D eigenvalue weighted by molar-refractivity contribution is 7.92. The van der Waals surface area contributed by atoms with Gasteiger partial charge in [0.2, 0.25) is 10.0 Å². The van der Waals surface area contributed by atoms with Gasteiger partial charge in [0.15, 0.2) is 17.8 Å². The molecule has 4 aromatic rings. The molecule has 1 aliphatic carbocycles. The van der Waals surface area contributed by atoms with E-state index in [9.17, 15) is 18.0 Å². The lowest BCUT2D eigenvalue weighted by Gasteiger charge is -2.34. The number of urea groups is 1. The van der Waals surface area contributed by atoms with Gasteiger partial charge in [-0.25, -0.2) is 13.2 Å². The van der Waals surface area contributed by atoms with Gasteiger partial charge in [-0.05, 0) is 98.8 Å². The number of aldehydes is 1. The lowest BCUT2D eigenvalue weighted by atomic mass is 9.81. The van der Waals surface area contributed by atoms with E-state index in [1.54, 1.807) is 37.3 Å². The van der Waals surface area contributed by atoms with Crippen LogP contribution in [0, 0.1) is 6.92 Å². The van der Waals surface area contributed by atoms with Gasteiger partial charge in [0, 0.05) is 11.3 Å². The third kappa shape index (κ3) is 6.52. The smallest absolute Gasteiger partial charge is 0.320 e. The highest BCUT2D eigenvalue weighted by Gasteiger charge is 2.41. The zero-order valence-corrected chi connectivity index (χ0v) is 29.7. The zero-order chi connectivity index (χ0) is 35.4. The van der Waals surface area contributed by atoms with Crippen LogP contribution >= 0.6 is 0 Å². The fourth-order valence-corrected chi connectivity index (χ4v) is 7.27. The lowest BCUT2D eigenvalue weighted by molar-refractivity contribution is -0.111. The number of ether oxygens (including phenoxy) is 1. The summed E-state index contributed by atoms with van der Waals surface area (Å²) in [6.45, 7) is 10.9. The number of sulfonamides is 1. The van der Waals surface area contributed by atoms with Gasteiger partial charge in [0.05, 0.1) is 23.7 Å². The molecule has 1 saturated heterocycles. The first kappa shape index (κ1) is 34.1. The molecular weight excluding hydrogens is 643 g/mol. The number of benzene rings is 2. The molecule has 258 valence electrons. The Balaban J connectivity index is 1.28. The van der Waals surface area contributed by atoms with Crippen molar-refractivity contribution in [1.82, 2.24) is 24.8 Å². The molecule has 2 aromatic heterocycles. The van der Waals surface area contributed by atoms with E-state index in [1.807, 2.05) is 61.7 Å². The summed E-state index contributed by atoms with van der Waals surface area (Å²) in [5.74, 6) is 1.45. The minimum Gasteiger partial charge on any atom is -0.480 e. The van der Waals surface area contributed by atoms with E-state index in [0.717, 1.165) is 48.2 Å². The van der Waals surface area contributed by atoms with E-state index in [-0.39, 0.29) is 11.0 Å². The monoisotopic (exact) mass is 685 g/mol. The van der Waals surface area contributed by atoms with Crippen molar-refractivity contribution in [3.63, 3.8) is 0 Å². The quantitative estimate of drug-likeness (QED) is 0.162. The van der Waals surface area contributed by atoms with Crippen LogP contribution in [0.2, 0.25) is 0 Å². The second-order valence-corrected chi connectivity index (χ2v) is 16.0. The Labute approximate surface area is 287 Å². The molecule has 0 radical (unpaired) electrons. The molecule has 3 N–H and O–H groups in total. The standard InChI is InChI=1S/C36H43N7O5S/c1-23-28(19-24(34(2,3)4)20-29(23)41-49(7,46)47)37-33(45)38-36(22-44)17-15-30(26-11-8-9-12-27(26)36)48-25-13-14-31-39-40-32(43(31)21-25)35(5)16-10-18-42(35)6/h8-9,11-15,17,19-22,30,41H,10,16,18H2,1-7H3,(H2,37,38,45)/t30-,35+,36-/m1/s1. The summed E-state index contributed by atoms with van der Waals surface area (Å²) in [6.07, 6.45) is 8.58. The fourth-order valence-electron chi connectivity index (χ4n) is 6.66. The van der Waals surface area contributed by atoms with Crippen LogP contribution in [-0.4, -0.2) is 60.1 Å². The van der Waals surface area contributed by atoms with E-state index in [2.05, 4.69) is 44.4 Å². The molecule has 2 aromatic carbocycles. The van der Waals surface area contributed by atoms with Gasteiger partial charge in [-0.1, -0.05) is 45.0 Å². The molecule has 0 saturated carbocycles. The van der Waals surface area contributed by atoms with Crippen molar-refractivity contribution in [2.75, 3.05) is 29.9 Å². The molecule has 2 aliphatic rings. The Hall–Kier alpha value is -4.75. The molecule has 0 unspecified atom stereocenters. The SMILES string of the molecule is Cc1c(NC(=O)N[C@@]2(C=O)C=C[C@@H](Oc3ccc4nnc([C@]5(C)CCCN5C)n4c3)c3ccccc32)cc(C(C)(C)C)cc1NS(C)(=O)=O. The molecule has 3 atom stereocenters. The van der Waals surface area contributed by atoms with Gasteiger partial charge in [-0.2, -0.15) is 0 Å². The normalized spacial score (nSPS) is 22.5. The topological polar surface area (TPSA) is 147 Å². The molecule has 1 aliphatic heterocycles. The maximum absolute atomic E-state index is 13.6. The van der Waals surface area contributed by atoms with Crippen LogP contribution in [0.5, 0.6) is 5.75 Å². The number of fused-ring (bicyclic) bond motifs is 2. The Bertz CT molecular complexity index is 2090. The molecule has 0 spiro atoms. The van der Waals surface area contributed by atoms with Crippen LogP contribution in [0.4, 0.5) is 16.2 Å². The minimum atomic E-state index is -3.58. The summed E-state index contributed by atoms with van der Waals surface area (Å²) in [7, 11) is -1.48. The summed E-state index contributed by atoms with van der Waals surface area (Å²) in [6, 6.07) is 14.0. The molecule has 3 heterocycles. The molecular formula is C36H43N7O5S. The van der Waals surface area contributed by atoms with Gasteiger partial charge in [0.25, 0.3) is 0 Å². The molecule has 12 nitrogen and oxygen atoms in total. The summed E-state index contributed by atoms with van der Waals surface area (Å²) < 4.78 is 35.3. The van der Waals surface area contributed by atoms with Crippen LogP contribution in [0.1, 0.15) is 74.7 Å². The Morgan fingerprint density at radius 3 is 2.51 bits per heavy atom. The Kier molecular flexibility index (Phi) is 8.56. The molecule has 49 heavy (non-hydrogen) atoms. The predicted octanol–water partition coefficient (Wildman–Crippen LogP) is 5.55. The van der Waals surface area contributed by atoms with Crippen molar-refractivity contribution in [3.05, 3.63) is 95.0 Å². The van der Waals surface area contributed by atoms with Crippen molar-refractivity contribution in [2.45, 2.75) is 70.1 Å². The first-order valence-electron chi connectivity index (χ1n) is 16.2. The lowest BCUT2D eigenvalue weighted by Crippen LogP contribution is -2.49. The van der Waals surface area contributed by atoms with Crippen molar-refractivity contribution in [3.8, 4) is 5.75 Å². The van der Waals surface area contributed by atoms with Gasteiger partial charge < -0.3 is 15.4 Å². The summed E-state index contributed by atoms with van der Waals surface area (Å²) in [5, 5.41) is 14.7. The van der Waals surface area contributed by atoms with Crippen LogP contribution in [0.3, 0.4) is 0 Å². The number of hydrogen-bond donors (Lipinski definition) is 3. The molecule has 13 heteroatoms. The Morgan fingerprint density at radius 2 is 1.84 bits per heavy atom. The number of aromatic nitrogens is 3. The fraction of sp³-hybridized carbons (Fsp3) is 0.389. The number of hydrogen-bond acceptors (Lipinski definition) is 8. The van der Waals surface area contributed by atoms with E-state index < -0.39 is 27.7 Å². The second kappa shape index (κ2) is 12.3. The number of anilines is 2. The van der Waals surface area contributed by atoms with E-state index in [4.69, 9.17) is 4.74 Å². The number of carbonyl (C=O) groups excluding carboxylic acids is 2. The van der Waals surface area contributed by atoms with Crippen molar-refractivity contribution < 1.29 is 22.7 Å².